The molecule has 0 atom stereocenters. The van der Waals surface area contributed by atoms with Crippen LogP contribution in [-0.4, -0.2) is 56.0 Å². The fourth-order valence-corrected chi connectivity index (χ4v) is 3.54. The minimum absolute atomic E-state index is 0.119. The van der Waals surface area contributed by atoms with Gasteiger partial charge in [0.25, 0.3) is 0 Å². The zero-order valence-corrected chi connectivity index (χ0v) is 18.8. The van der Waals surface area contributed by atoms with Crippen LogP contribution in [0.3, 0.4) is 0 Å². The number of anilines is 1. The number of carbonyl (C=O) groups excluding carboxylic acids is 2. The number of alkyl halides is 3. The quantitative estimate of drug-likeness (QED) is 0.441. The van der Waals surface area contributed by atoms with Crippen LogP contribution in [0.25, 0.3) is 17.0 Å². The second kappa shape index (κ2) is 9.57. The first-order valence-electron chi connectivity index (χ1n) is 10.6. The first kappa shape index (κ1) is 23.9. The van der Waals surface area contributed by atoms with Crippen molar-refractivity contribution < 1.29 is 27.3 Å². The first-order chi connectivity index (χ1) is 16.7. The summed E-state index contributed by atoms with van der Waals surface area (Å²) >= 11 is 0. The van der Waals surface area contributed by atoms with Crippen LogP contribution in [0, 0.1) is 13.8 Å². The number of carbonyl (C=O) groups is 2. The Balaban J connectivity index is 0.000000239. The second-order valence-electron chi connectivity index (χ2n) is 7.98. The number of imidazole rings is 1. The molecule has 0 saturated carbocycles. The normalized spacial score (nSPS) is 13.7. The molecule has 1 fully saturated rings. The van der Waals surface area contributed by atoms with Crippen LogP contribution < -0.4 is 5.32 Å². The molecule has 9 nitrogen and oxygen atoms in total. The number of aromatic nitrogens is 4. The van der Waals surface area contributed by atoms with Gasteiger partial charge in [-0.05, 0) is 37.6 Å². The van der Waals surface area contributed by atoms with Gasteiger partial charge in [0.15, 0.2) is 0 Å². The molecular formula is C23H21F3N6O3. The summed E-state index contributed by atoms with van der Waals surface area (Å²) in [7, 11) is 0. The van der Waals surface area contributed by atoms with E-state index in [1.54, 1.807) is 18.2 Å². The predicted molar refractivity (Wildman–Crippen MR) is 119 cm³/mol. The largest absolute Gasteiger partial charge is 0.471 e. The highest BCUT2D eigenvalue weighted by Crippen LogP contribution is 2.31. The number of likely N-dealkylation sites (tertiary alicyclic amines) is 1. The van der Waals surface area contributed by atoms with Crippen LogP contribution in [0.5, 0.6) is 0 Å². The van der Waals surface area contributed by atoms with Gasteiger partial charge in [-0.15, -0.1) is 0 Å². The molecule has 35 heavy (non-hydrogen) atoms. The van der Waals surface area contributed by atoms with Crippen LogP contribution >= 0.6 is 0 Å². The summed E-state index contributed by atoms with van der Waals surface area (Å²) in [5.74, 6) is -1.87. The molecule has 0 unspecified atom stereocenters. The van der Waals surface area contributed by atoms with E-state index in [1.165, 1.54) is 5.69 Å². The Labute approximate surface area is 197 Å². The highest BCUT2D eigenvalue weighted by molar-refractivity contribution is 5.82. The van der Waals surface area contributed by atoms with Crippen molar-refractivity contribution in [3.63, 3.8) is 0 Å². The number of rotatable bonds is 4. The standard InChI is InChI=1S/C15H13F3N4O3.C8H8N2/c1-8-2-3-9(4-11(8)19-7-23)12-20-13(25-21-12)10-5-22(6-10)14(24)15(16,17)18;1-7-6-9-8-4-2-3-5-10(7)8/h2-4,7,10H,5-6H2,1H3,(H,19,23);2-6H,1H3. The number of aryl methyl sites for hydroxylation is 2. The molecule has 1 aliphatic heterocycles. The topological polar surface area (TPSA) is 106 Å². The average Bonchev–Trinajstić information content (AvgIpc) is 3.42. The third-order valence-corrected chi connectivity index (χ3v) is 5.51. The third kappa shape index (κ3) is 5.15. The Morgan fingerprint density at radius 2 is 1.97 bits per heavy atom. The fourth-order valence-electron chi connectivity index (χ4n) is 3.54. The lowest BCUT2D eigenvalue weighted by Gasteiger charge is -2.37. The van der Waals surface area contributed by atoms with Crippen molar-refractivity contribution in [1.29, 1.82) is 0 Å². The lowest BCUT2D eigenvalue weighted by Crippen LogP contribution is -2.53. The van der Waals surface area contributed by atoms with Gasteiger partial charge in [0.05, 0.1) is 5.92 Å². The Morgan fingerprint density at radius 1 is 1.20 bits per heavy atom. The molecule has 12 heteroatoms. The number of benzene rings is 1. The Morgan fingerprint density at radius 3 is 2.66 bits per heavy atom. The lowest BCUT2D eigenvalue weighted by atomic mass is 10.00. The van der Waals surface area contributed by atoms with Crippen LogP contribution in [0.15, 0.2) is 53.3 Å². The molecule has 1 N–H and O–H groups in total. The van der Waals surface area contributed by atoms with E-state index in [2.05, 4.69) is 24.8 Å². The minimum atomic E-state index is -4.88. The van der Waals surface area contributed by atoms with Crippen molar-refractivity contribution in [3.8, 4) is 11.4 Å². The monoisotopic (exact) mass is 486 g/mol. The van der Waals surface area contributed by atoms with Gasteiger partial charge in [0.2, 0.25) is 18.1 Å². The van der Waals surface area contributed by atoms with E-state index in [0.717, 1.165) is 11.2 Å². The molecule has 0 radical (unpaired) electrons. The number of nitrogens with zero attached hydrogens (tertiary/aromatic N) is 5. The molecule has 5 rings (SSSR count). The highest BCUT2D eigenvalue weighted by Gasteiger charge is 2.48. The first-order valence-corrected chi connectivity index (χ1v) is 10.6. The molecule has 3 aromatic heterocycles. The van der Waals surface area contributed by atoms with Crippen LogP contribution in [0.4, 0.5) is 18.9 Å². The van der Waals surface area contributed by atoms with Crippen molar-refractivity contribution in [2.24, 2.45) is 0 Å². The summed E-state index contributed by atoms with van der Waals surface area (Å²) in [4.78, 5) is 30.7. The molecule has 4 heterocycles. The second-order valence-corrected chi connectivity index (χ2v) is 7.98. The molecule has 0 aliphatic carbocycles. The van der Waals surface area contributed by atoms with E-state index in [4.69, 9.17) is 4.52 Å². The van der Waals surface area contributed by atoms with Gasteiger partial charge in [0, 0.05) is 42.4 Å². The fraction of sp³-hybridized carbons (Fsp3) is 0.261. The zero-order chi connectivity index (χ0) is 25.2. The number of fused-ring (bicyclic) bond motifs is 1. The van der Waals surface area contributed by atoms with Gasteiger partial charge >= 0.3 is 12.1 Å². The van der Waals surface area contributed by atoms with Crippen LogP contribution in [-0.2, 0) is 9.59 Å². The maximum atomic E-state index is 12.3. The van der Waals surface area contributed by atoms with Crippen molar-refractivity contribution in [1.82, 2.24) is 24.4 Å². The van der Waals surface area contributed by atoms with Gasteiger partial charge in [-0.2, -0.15) is 18.2 Å². The molecular weight excluding hydrogens is 465 g/mol. The third-order valence-electron chi connectivity index (χ3n) is 5.51. The number of pyridine rings is 1. The van der Waals surface area contributed by atoms with Gasteiger partial charge < -0.3 is 19.1 Å². The van der Waals surface area contributed by atoms with Crippen LogP contribution in [0.2, 0.25) is 0 Å². The summed E-state index contributed by atoms with van der Waals surface area (Å²) in [6.45, 7) is 3.62. The molecule has 4 aromatic rings. The minimum Gasteiger partial charge on any atom is -0.339 e. The van der Waals surface area contributed by atoms with E-state index in [9.17, 15) is 22.8 Å². The molecule has 1 saturated heterocycles. The molecule has 0 spiro atoms. The Bertz CT molecular complexity index is 1360. The maximum absolute atomic E-state index is 12.3. The number of amides is 2. The van der Waals surface area contributed by atoms with Gasteiger partial charge in [-0.3, -0.25) is 9.59 Å². The van der Waals surface area contributed by atoms with E-state index in [0.29, 0.717) is 22.6 Å². The predicted octanol–water partition coefficient (Wildman–Crippen LogP) is 3.74. The number of hydrogen-bond acceptors (Lipinski definition) is 6. The summed E-state index contributed by atoms with van der Waals surface area (Å²) < 4.78 is 44.2. The van der Waals surface area contributed by atoms with Crippen molar-refractivity contribution >= 4 is 23.7 Å². The van der Waals surface area contributed by atoms with Crippen molar-refractivity contribution in [3.05, 3.63) is 65.9 Å². The number of hydrogen-bond donors (Lipinski definition) is 1. The Kier molecular flexibility index (Phi) is 6.54. The van der Waals surface area contributed by atoms with Gasteiger partial charge in [-0.1, -0.05) is 23.4 Å². The SMILES string of the molecule is Cc1ccc(-c2noc(C3CN(C(=O)C(F)(F)F)C3)n2)cc1NC=O.Cc1cnc2ccccn12. The highest BCUT2D eigenvalue weighted by atomic mass is 19.4. The summed E-state index contributed by atoms with van der Waals surface area (Å²) in [6.07, 6.45) is -0.448. The zero-order valence-electron chi connectivity index (χ0n) is 18.8. The number of halogens is 3. The maximum Gasteiger partial charge on any atom is 0.471 e. The average molecular weight is 486 g/mol. The van der Waals surface area contributed by atoms with E-state index in [1.807, 2.05) is 44.4 Å². The Hall–Kier alpha value is -4.22. The lowest BCUT2D eigenvalue weighted by molar-refractivity contribution is -0.190. The summed E-state index contributed by atoms with van der Waals surface area (Å²) in [6, 6.07) is 11.2. The van der Waals surface area contributed by atoms with Crippen molar-refractivity contribution in [2.45, 2.75) is 25.9 Å². The molecule has 1 aliphatic rings. The summed E-state index contributed by atoms with van der Waals surface area (Å²) in [5, 5.41) is 6.36. The smallest absolute Gasteiger partial charge is 0.339 e. The van der Waals surface area contributed by atoms with Crippen LogP contribution in [0.1, 0.15) is 23.1 Å². The molecule has 1 aromatic carbocycles. The van der Waals surface area contributed by atoms with Gasteiger partial charge in [0.1, 0.15) is 5.65 Å². The molecule has 182 valence electrons. The van der Waals surface area contributed by atoms with Crippen molar-refractivity contribution in [2.75, 3.05) is 18.4 Å². The van der Waals surface area contributed by atoms with Gasteiger partial charge in [-0.25, -0.2) is 4.98 Å². The molecule has 2 amide bonds. The van der Waals surface area contributed by atoms with E-state index < -0.39 is 18.0 Å². The number of nitrogens with one attached hydrogen (secondary N) is 1. The molecule has 0 bridgehead atoms. The summed E-state index contributed by atoms with van der Waals surface area (Å²) in [5.41, 5.74) is 4.22. The van der Waals surface area contributed by atoms with E-state index in [-0.39, 0.29) is 24.8 Å². The van der Waals surface area contributed by atoms with E-state index >= 15 is 0 Å².